The molecule has 0 amide bonds. The van der Waals surface area contributed by atoms with Crippen LogP contribution in [0, 0.1) is 5.92 Å². The average Bonchev–Trinajstić information content (AvgIpc) is 2.44. The summed E-state index contributed by atoms with van der Waals surface area (Å²) in [7, 11) is 0. The molecule has 1 aromatic rings. The molecule has 0 radical (unpaired) electrons. The molecule has 74 valence electrons. The predicted octanol–water partition coefficient (Wildman–Crippen LogP) is 2.48. The molecule has 0 aromatic heterocycles. The first kappa shape index (κ1) is 9.25. The Balaban J connectivity index is 2.31. The van der Waals surface area contributed by atoms with Gasteiger partial charge in [0.1, 0.15) is 5.60 Å². The van der Waals surface area contributed by atoms with Crippen LogP contribution in [0.5, 0.6) is 0 Å². The molecule has 14 heavy (non-hydrogen) atoms. The first-order chi connectivity index (χ1) is 6.62. The minimum absolute atomic E-state index is 0.0141. The second kappa shape index (κ2) is 3.12. The van der Waals surface area contributed by atoms with E-state index < -0.39 is 5.60 Å². The van der Waals surface area contributed by atoms with Crippen molar-refractivity contribution >= 4 is 5.97 Å². The molecule has 0 unspecified atom stereocenters. The Morgan fingerprint density at radius 2 is 2.00 bits per heavy atom. The van der Waals surface area contributed by atoms with E-state index in [4.69, 9.17) is 4.74 Å². The molecule has 0 saturated carbocycles. The van der Waals surface area contributed by atoms with Gasteiger partial charge >= 0.3 is 5.97 Å². The summed E-state index contributed by atoms with van der Waals surface area (Å²) in [4.78, 5) is 11.3. The molecule has 1 aliphatic heterocycles. The fourth-order valence-electron chi connectivity index (χ4n) is 2.00. The molecule has 0 bridgehead atoms. The highest BCUT2D eigenvalue weighted by Crippen LogP contribution is 2.38. The van der Waals surface area contributed by atoms with Crippen LogP contribution in [-0.4, -0.2) is 5.97 Å². The average molecular weight is 190 g/mol. The van der Waals surface area contributed by atoms with E-state index in [1.165, 1.54) is 0 Å². The van der Waals surface area contributed by atoms with Crippen LogP contribution < -0.4 is 0 Å². The summed E-state index contributed by atoms with van der Waals surface area (Å²) >= 11 is 0. The predicted molar refractivity (Wildman–Crippen MR) is 53.7 cm³/mol. The zero-order valence-corrected chi connectivity index (χ0v) is 8.49. The lowest BCUT2D eigenvalue weighted by Crippen LogP contribution is -2.20. The number of ether oxygens (including phenoxy) is 1. The molecule has 2 atom stereocenters. The number of rotatable bonds is 1. The van der Waals surface area contributed by atoms with Gasteiger partial charge in [-0.3, -0.25) is 4.79 Å². The van der Waals surface area contributed by atoms with Crippen LogP contribution in [0.1, 0.15) is 25.8 Å². The number of hydrogen-bond donors (Lipinski definition) is 0. The largest absolute Gasteiger partial charge is 0.454 e. The Bertz CT molecular complexity index is 345. The van der Waals surface area contributed by atoms with E-state index in [1.54, 1.807) is 0 Å². The van der Waals surface area contributed by atoms with Crippen molar-refractivity contribution in [1.29, 1.82) is 0 Å². The minimum atomic E-state index is -0.419. The first-order valence-corrected chi connectivity index (χ1v) is 4.90. The molecule has 1 aliphatic rings. The van der Waals surface area contributed by atoms with Gasteiger partial charge in [0.25, 0.3) is 0 Å². The van der Waals surface area contributed by atoms with Gasteiger partial charge in [-0.15, -0.1) is 0 Å². The van der Waals surface area contributed by atoms with Gasteiger partial charge in [0.15, 0.2) is 0 Å². The third kappa shape index (κ3) is 1.41. The standard InChI is InChI=1S/C12H14O2/c1-9-8-12(2,14-11(9)13)10-6-4-3-5-7-10/h3-7,9H,8H2,1-2H3/t9-,12+/m0/s1. The third-order valence-electron chi connectivity index (χ3n) is 2.81. The van der Waals surface area contributed by atoms with Gasteiger partial charge in [-0.05, 0) is 12.5 Å². The monoisotopic (exact) mass is 190 g/mol. The zero-order valence-electron chi connectivity index (χ0n) is 8.49. The van der Waals surface area contributed by atoms with Crippen LogP contribution in [0.4, 0.5) is 0 Å². The summed E-state index contributed by atoms with van der Waals surface area (Å²) < 4.78 is 5.41. The molecule has 2 nitrogen and oxygen atoms in total. The van der Waals surface area contributed by atoms with Crippen molar-refractivity contribution in [3.63, 3.8) is 0 Å². The number of esters is 1. The van der Waals surface area contributed by atoms with Crippen molar-refractivity contribution in [2.24, 2.45) is 5.92 Å². The van der Waals surface area contributed by atoms with Crippen LogP contribution in [-0.2, 0) is 15.1 Å². The second-order valence-corrected chi connectivity index (χ2v) is 4.12. The van der Waals surface area contributed by atoms with Gasteiger partial charge in [0.2, 0.25) is 0 Å². The zero-order chi connectivity index (χ0) is 10.2. The van der Waals surface area contributed by atoms with Crippen LogP contribution >= 0.6 is 0 Å². The Morgan fingerprint density at radius 1 is 1.36 bits per heavy atom. The lowest BCUT2D eigenvalue weighted by Gasteiger charge is -2.22. The highest BCUT2D eigenvalue weighted by molar-refractivity contribution is 5.75. The topological polar surface area (TPSA) is 26.3 Å². The summed E-state index contributed by atoms with van der Waals surface area (Å²) in [6, 6.07) is 9.92. The number of benzene rings is 1. The van der Waals surface area contributed by atoms with Crippen LogP contribution in [0.15, 0.2) is 30.3 Å². The van der Waals surface area contributed by atoms with Gasteiger partial charge in [0.05, 0.1) is 5.92 Å². The quantitative estimate of drug-likeness (QED) is 0.636. The maximum atomic E-state index is 11.3. The SMILES string of the molecule is C[C@H]1C[C@](C)(c2ccccc2)OC1=O. The van der Waals surface area contributed by atoms with Crippen molar-refractivity contribution in [2.75, 3.05) is 0 Å². The smallest absolute Gasteiger partial charge is 0.309 e. The molecule has 1 heterocycles. The van der Waals surface area contributed by atoms with Gasteiger partial charge in [-0.1, -0.05) is 37.3 Å². The Morgan fingerprint density at radius 3 is 2.50 bits per heavy atom. The summed E-state index contributed by atoms with van der Waals surface area (Å²) in [5.74, 6) is -0.0726. The third-order valence-corrected chi connectivity index (χ3v) is 2.81. The van der Waals surface area contributed by atoms with E-state index in [2.05, 4.69) is 0 Å². The number of carbonyl (C=O) groups is 1. The molecule has 0 aliphatic carbocycles. The highest BCUT2D eigenvalue weighted by Gasteiger charge is 2.42. The first-order valence-electron chi connectivity index (χ1n) is 4.90. The van der Waals surface area contributed by atoms with E-state index in [0.717, 1.165) is 12.0 Å². The van der Waals surface area contributed by atoms with Gasteiger partial charge < -0.3 is 4.74 Å². The number of carbonyl (C=O) groups excluding carboxylic acids is 1. The van der Waals surface area contributed by atoms with E-state index >= 15 is 0 Å². The molecule has 1 saturated heterocycles. The second-order valence-electron chi connectivity index (χ2n) is 4.12. The molecule has 2 heteroatoms. The fraction of sp³-hybridized carbons (Fsp3) is 0.417. The Labute approximate surface area is 83.9 Å². The molecule has 2 rings (SSSR count). The van der Waals surface area contributed by atoms with Crippen LogP contribution in [0.2, 0.25) is 0 Å². The molecule has 0 spiro atoms. The van der Waals surface area contributed by atoms with Crippen molar-refractivity contribution in [3.8, 4) is 0 Å². The van der Waals surface area contributed by atoms with E-state index in [1.807, 2.05) is 44.2 Å². The van der Waals surface area contributed by atoms with E-state index in [9.17, 15) is 4.79 Å². The Kier molecular flexibility index (Phi) is 2.06. The van der Waals surface area contributed by atoms with Crippen molar-refractivity contribution in [3.05, 3.63) is 35.9 Å². The molecular weight excluding hydrogens is 176 g/mol. The van der Waals surface area contributed by atoms with Gasteiger partial charge in [0, 0.05) is 6.42 Å². The lowest BCUT2D eigenvalue weighted by molar-refractivity contribution is -0.149. The fourth-order valence-corrected chi connectivity index (χ4v) is 2.00. The van der Waals surface area contributed by atoms with Crippen molar-refractivity contribution < 1.29 is 9.53 Å². The van der Waals surface area contributed by atoms with Crippen LogP contribution in [0.3, 0.4) is 0 Å². The van der Waals surface area contributed by atoms with Crippen molar-refractivity contribution in [2.45, 2.75) is 25.9 Å². The highest BCUT2D eigenvalue weighted by atomic mass is 16.6. The lowest BCUT2D eigenvalue weighted by atomic mass is 9.90. The minimum Gasteiger partial charge on any atom is -0.454 e. The number of hydrogen-bond acceptors (Lipinski definition) is 2. The number of cyclic esters (lactones) is 1. The normalized spacial score (nSPS) is 31.6. The van der Waals surface area contributed by atoms with Crippen LogP contribution in [0.25, 0.3) is 0 Å². The van der Waals surface area contributed by atoms with E-state index in [0.29, 0.717) is 0 Å². The summed E-state index contributed by atoms with van der Waals surface area (Å²) in [5.41, 5.74) is 0.662. The summed E-state index contributed by atoms with van der Waals surface area (Å²) in [6.07, 6.45) is 0.774. The molecule has 0 N–H and O–H groups in total. The molecule has 1 aromatic carbocycles. The summed E-state index contributed by atoms with van der Waals surface area (Å²) in [5, 5.41) is 0. The van der Waals surface area contributed by atoms with Gasteiger partial charge in [-0.2, -0.15) is 0 Å². The van der Waals surface area contributed by atoms with Gasteiger partial charge in [-0.25, -0.2) is 0 Å². The molecular formula is C12H14O2. The maximum Gasteiger partial charge on any atom is 0.309 e. The van der Waals surface area contributed by atoms with E-state index in [-0.39, 0.29) is 11.9 Å². The summed E-state index contributed by atoms with van der Waals surface area (Å²) in [6.45, 7) is 3.89. The maximum absolute atomic E-state index is 11.3. The Hall–Kier alpha value is -1.31. The van der Waals surface area contributed by atoms with Crippen molar-refractivity contribution in [1.82, 2.24) is 0 Å². The molecule has 1 fully saturated rings.